The monoisotopic (exact) mass is 326 g/mol. The van der Waals surface area contributed by atoms with Gasteiger partial charge in [-0.05, 0) is 18.2 Å². The Morgan fingerprint density at radius 3 is 2.78 bits per heavy atom. The fourth-order valence-electron chi connectivity index (χ4n) is 1.66. The molecule has 0 spiro atoms. The molecule has 2 heterocycles. The van der Waals surface area contributed by atoms with Crippen molar-refractivity contribution >= 4 is 45.0 Å². The van der Waals surface area contributed by atoms with Crippen molar-refractivity contribution in [1.29, 1.82) is 0 Å². The van der Waals surface area contributed by atoms with E-state index in [-0.39, 0.29) is 15.1 Å². The van der Waals surface area contributed by atoms with E-state index in [9.17, 15) is 8.42 Å². The quantitative estimate of drug-likeness (QED) is 0.783. The highest BCUT2D eigenvalue weighted by molar-refractivity contribution is 7.99. The lowest BCUT2D eigenvalue weighted by Gasteiger charge is -2.19. The first-order valence-corrected chi connectivity index (χ1v) is 8.76. The van der Waals surface area contributed by atoms with Crippen molar-refractivity contribution in [3.05, 3.63) is 22.4 Å². The predicted molar refractivity (Wildman–Crippen MR) is 75.0 cm³/mol. The van der Waals surface area contributed by atoms with E-state index in [0.29, 0.717) is 13.1 Å². The number of aromatic nitrogens is 1. The minimum Gasteiger partial charge on any atom is -0.242 e. The smallest absolute Gasteiger partial charge is 0.242 e. The first kappa shape index (κ1) is 14.4. The second-order valence-electron chi connectivity index (χ2n) is 3.81. The van der Waals surface area contributed by atoms with Crippen LogP contribution in [0.15, 0.2) is 17.2 Å². The SMILES string of the molecule is O=S(=O)(c1cnc(Cl)c(Cl)c1)N1CCCSCC1. The third-order valence-electron chi connectivity index (χ3n) is 2.59. The van der Waals surface area contributed by atoms with Crippen molar-refractivity contribution in [2.75, 3.05) is 24.6 Å². The van der Waals surface area contributed by atoms with Gasteiger partial charge in [-0.15, -0.1) is 0 Å². The summed E-state index contributed by atoms with van der Waals surface area (Å²) in [5, 5.41) is 0.268. The topological polar surface area (TPSA) is 50.3 Å². The number of thioether (sulfide) groups is 1. The minimum atomic E-state index is -3.51. The van der Waals surface area contributed by atoms with Crippen LogP contribution in [0.1, 0.15) is 6.42 Å². The molecule has 1 aromatic rings. The first-order chi connectivity index (χ1) is 8.51. The number of hydrogen-bond acceptors (Lipinski definition) is 4. The molecule has 4 nitrogen and oxygen atoms in total. The van der Waals surface area contributed by atoms with Gasteiger partial charge in [0.05, 0.1) is 5.02 Å². The second kappa shape index (κ2) is 5.96. The van der Waals surface area contributed by atoms with Gasteiger partial charge in [0.15, 0.2) is 0 Å². The highest BCUT2D eigenvalue weighted by atomic mass is 35.5. The average Bonchev–Trinajstić information content (AvgIpc) is 2.61. The molecule has 0 unspecified atom stereocenters. The number of halogens is 2. The molecule has 0 aliphatic carbocycles. The van der Waals surface area contributed by atoms with Gasteiger partial charge in [0.2, 0.25) is 10.0 Å². The molecule has 1 fully saturated rings. The normalized spacial score (nSPS) is 18.6. The molecule has 0 amide bonds. The van der Waals surface area contributed by atoms with Gasteiger partial charge in [-0.1, -0.05) is 23.2 Å². The van der Waals surface area contributed by atoms with Crippen LogP contribution in [-0.2, 0) is 10.0 Å². The lowest BCUT2D eigenvalue weighted by Crippen LogP contribution is -2.33. The Kier molecular flexibility index (Phi) is 4.77. The predicted octanol–water partition coefficient (Wildman–Crippen LogP) is 2.52. The van der Waals surface area contributed by atoms with E-state index in [1.807, 2.05) is 0 Å². The van der Waals surface area contributed by atoms with Gasteiger partial charge in [0, 0.05) is 25.0 Å². The van der Waals surface area contributed by atoms with Crippen LogP contribution in [0.5, 0.6) is 0 Å². The zero-order valence-electron chi connectivity index (χ0n) is 9.47. The van der Waals surface area contributed by atoms with Crippen molar-refractivity contribution in [1.82, 2.24) is 9.29 Å². The summed E-state index contributed by atoms with van der Waals surface area (Å²) in [6.45, 7) is 1.06. The van der Waals surface area contributed by atoms with Gasteiger partial charge >= 0.3 is 0 Å². The highest BCUT2D eigenvalue weighted by Gasteiger charge is 2.26. The fraction of sp³-hybridized carbons (Fsp3) is 0.500. The number of hydrogen-bond donors (Lipinski definition) is 0. The summed E-state index contributed by atoms with van der Waals surface area (Å²) >= 11 is 13.3. The molecule has 0 atom stereocenters. The molecule has 0 bridgehead atoms. The standard InChI is InChI=1S/C10H12Cl2N2O2S2/c11-9-6-8(7-13-10(9)12)18(15,16)14-2-1-4-17-5-3-14/h6-7H,1-5H2. The summed E-state index contributed by atoms with van der Waals surface area (Å²) in [7, 11) is -3.51. The van der Waals surface area contributed by atoms with E-state index in [1.165, 1.54) is 16.6 Å². The number of pyridine rings is 1. The zero-order valence-corrected chi connectivity index (χ0v) is 12.6. The summed E-state index contributed by atoms with van der Waals surface area (Å²) in [6, 6.07) is 1.35. The Morgan fingerprint density at radius 2 is 2.06 bits per heavy atom. The first-order valence-electron chi connectivity index (χ1n) is 5.41. The Labute approximate surface area is 121 Å². The molecule has 100 valence electrons. The highest BCUT2D eigenvalue weighted by Crippen LogP contribution is 2.25. The van der Waals surface area contributed by atoms with Crippen LogP contribution < -0.4 is 0 Å². The lowest BCUT2D eigenvalue weighted by atomic mass is 10.5. The molecule has 1 aliphatic heterocycles. The van der Waals surface area contributed by atoms with E-state index >= 15 is 0 Å². The Bertz CT molecular complexity index is 529. The molecule has 1 aromatic heterocycles. The van der Waals surface area contributed by atoms with Crippen molar-refractivity contribution in [3.63, 3.8) is 0 Å². The molecule has 0 N–H and O–H groups in total. The minimum absolute atomic E-state index is 0.101. The van der Waals surface area contributed by atoms with Crippen LogP contribution in [0.2, 0.25) is 10.2 Å². The maximum atomic E-state index is 12.4. The largest absolute Gasteiger partial charge is 0.244 e. The average molecular weight is 327 g/mol. The molecule has 1 aliphatic rings. The second-order valence-corrected chi connectivity index (χ2v) is 7.74. The maximum absolute atomic E-state index is 12.4. The molecule has 0 saturated carbocycles. The molecule has 2 rings (SSSR count). The summed E-state index contributed by atoms with van der Waals surface area (Å²) < 4.78 is 26.2. The van der Waals surface area contributed by atoms with Gasteiger partial charge in [0.1, 0.15) is 10.0 Å². The van der Waals surface area contributed by atoms with Crippen molar-refractivity contribution in [2.45, 2.75) is 11.3 Å². The van der Waals surface area contributed by atoms with E-state index in [1.54, 1.807) is 11.8 Å². The van der Waals surface area contributed by atoms with Crippen LogP contribution in [0.4, 0.5) is 0 Å². The molecular weight excluding hydrogens is 315 g/mol. The van der Waals surface area contributed by atoms with E-state index in [4.69, 9.17) is 23.2 Å². The van der Waals surface area contributed by atoms with Crippen LogP contribution in [0, 0.1) is 0 Å². The molecular formula is C10H12Cl2N2O2S2. The van der Waals surface area contributed by atoms with Crippen LogP contribution in [0.25, 0.3) is 0 Å². The Balaban J connectivity index is 2.31. The Morgan fingerprint density at radius 1 is 1.28 bits per heavy atom. The van der Waals surface area contributed by atoms with Crippen LogP contribution in [-0.4, -0.2) is 42.3 Å². The van der Waals surface area contributed by atoms with Crippen LogP contribution >= 0.6 is 35.0 Å². The molecule has 0 aromatic carbocycles. The summed E-state index contributed by atoms with van der Waals surface area (Å²) in [5.74, 6) is 1.81. The van der Waals surface area contributed by atoms with Gasteiger partial charge in [-0.3, -0.25) is 0 Å². The van der Waals surface area contributed by atoms with Crippen molar-refractivity contribution in [2.24, 2.45) is 0 Å². The van der Waals surface area contributed by atoms with Gasteiger partial charge < -0.3 is 0 Å². The van der Waals surface area contributed by atoms with Crippen molar-refractivity contribution in [3.8, 4) is 0 Å². The summed E-state index contributed by atoms with van der Waals surface area (Å²) in [6.07, 6.45) is 2.11. The summed E-state index contributed by atoms with van der Waals surface area (Å²) in [4.78, 5) is 3.89. The number of rotatable bonds is 2. The third kappa shape index (κ3) is 3.11. The molecule has 1 saturated heterocycles. The maximum Gasteiger partial charge on any atom is 0.244 e. The fourth-order valence-corrected chi connectivity index (χ4v) is 4.45. The molecule has 8 heteroatoms. The van der Waals surface area contributed by atoms with Gasteiger partial charge in [-0.25, -0.2) is 13.4 Å². The number of nitrogens with zero attached hydrogens (tertiary/aromatic N) is 2. The number of sulfonamides is 1. The lowest BCUT2D eigenvalue weighted by molar-refractivity contribution is 0.435. The Hall–Kier alpha value is -0.0100. The third-order valence-corrected chi connectivity index (χ3v) is 6.19. The molecule has 18 heavy (non-hydrogen) atoms. The molecule has 0 radical (unpaired) electrons. The van der Waals surface area contributed by atoms with Crippen molar-refractivity contribution < 1.29 is 8.42 Å². The van der Waals surface area contributed by atoms with Crippen LogP contribution in [0.3, 0.4) is 0 Å². The van der Waals surface area contributed by atoms with Gasteiger partial charge in [-0.2, -0.15) is 16.1 Å². The van der Waals surface area contributed by atoms with E-state index in [2.05, 4.69) is 4.98 Å². The van der Waals surface area contributed by atoms with E-state index < -0.39 is 10.0 Å². The zero-order chi connectivity index (χ0) is 13.2. The van der Waals surface area contributed by atoms with Gasteiger partial charge in [0.25, 0.3) is 0 Å². The summed E-state index contributed by atoms with van der Waals surface area (Å²) in [5.41, 5.74) is 0. The van der Waals surface area contributed by atoms with E-state index in [0.717, 1.165) is 17.9 Å².